The van der Waals surface area contributed by atoms with Crippen LogP contribution in [0.15, 0.2) is 29.2 Å². The number of hydrogen-bond acceptors (Lipinski definition) is 5. The molecule has 1 fully saturated rings. The summed E-state index contributed by atoms with van der Waals surface area (Å²) >= 11 is 0. The molecule has 6 nitrogen and oxygen atoms in total. The molecular weight excluding hydrogens is 288 g/mol. The molecule has 0 amide bonds. The monoisotopic (exact) mass is 308 g/mol. The molecular formula is C14H20N4O2S. The summed E-state index contributed by atoms with van der Waals surface area (Å²) in [6.45, 7) is 5.35. The van der Waals surface area contributed by atoms with E-state index in [1.54, 1.807) is 0 Å². The number of nitriles is 1. The minimum atomic E-state index is -3.48. The van der Waals surface area contributed by atoms with Crippen LogP contribution in [0.3, 0.4) is 0 Å². The summed E-state index contributed by atoms with van der Waals surface area (Å²) < 4.78 is 26.7. The van der Waals surface area contributed by atoms with Crippen LogP contribution < -0.4 is 10.0 Å². The van der Waals surface area contributed by atoms with Gasteiger partial charge >= 0.3 is 0 Å². The molecule has 0 aliphatic carbocycles. The van der Waals surface area contributed by atoms with E-state index >= 15 is 0 Å². The fourth-order valence-corrected chi connectivity index (χ4v) is 3.31. The quantitative estimate of drug-likeness (QED) is 0.730. The van der Waals surface area contributed by atoms with Crippen molar-refractivity contribution in [3.63, 3.8) is 0 Å². The summed E-state index contributed by atoms with van der Waals surface area (Å²) in [6, 6.07) is 7.90. The van der Waals surface area contributed by atoms with Gasteiger partial charge in [0.2, 0.25) is 10.0 Å². The minimum Gasteiger partial charge on any atom is -0.314 e. The molecule has 0 bridgehead atoms. The molecule has 0 spiro atoms. The predicted octanol–water partition coefficient (Wildman–Crippen LogP) is 0.132. The fourth-order valence-electron chi connectivity index (χ4n) is 2.24. The molecule has 1 aromatic carbocycles. The second kappa shape index (κ2) is 7.52. The zero-order valence-electron chi connectivity index (χ0n) is 11.9. The van der Waals surface area contributed by atoms with Crippen molar-refractivity contribution in [2.45, 2.75) is 11.3 Å². The molecule has 1 aliphatic rings. The van der Waals surface area contributed by atoms with E-state index in [4.69, 9.17) is 5.26 Å². The molecule has 2 rings (SSSR count). The van der Waals surface area contributed by atoms with E-state index in [1.807, 2.05) is 6.07 Å². The average molecular weight is 308 g/mol. The molecule has 114 valence electrons. The summed E-state index contributed by atoms with van der Waals surface area (Å²) in [6.07, 6.45) is 0.787. The molecule has 0 saturated carbocycles. The zero-order chi connectivity index (χ0) is 15.1. The van der Waals surface area contributed by atoms with E-state index in [-0.39, 0.29) is 4.90 Å². The van der Waals surface area contributed by atoms with Crippen molar-refractivity contribution in [2.24, 2.45) is 0 Å². The molecule has 1 saturated heterocycles. The predicted molar refractivity (Wildman–Crippen MR) is 80.3 cm³/mol. The Balaban J connectivity index is 1.79. The number of piperazine rings is 1. The lowest BCUT2D eigenvalue weighted by Crippen LogP contribution is -2.44. The van der Waals surface area contributed by atoms with Crippen LogP contribution in [0.4, 0.5) is 0 Å². The number of rotatable bonds is 6. The Kier molecular flexibility index (Phi) is 5.70. The van der Waals surface area contributed by atoms with Gasteiger partial charge in [0.1, 0.15) is 0 Å². The maximum absolute atomic E-state index is 12.1. The van der Waals surface area contributed by atoms with Gasteiger partial charge in [-0.3, -0.25) is 0 Å². The molecule has 1 aliphatic heterocycles. The Hall–Kier alpha value is -1.46. The van der Waals surface area contributed by atoms with Crippen LogP contribution in [0.5, 0.6) is 0 Å². The van der Waals surface area contributed by atoms with Crippen molar-refractivity contribution in [1.82, 2.24) is 14.9 Å². The number of nitrogens with zero attached hydrogens (tertiary/aromatic N) is 2. The molecule has 1 aromatic rings. The van der Waals surface area contributed by atoms with Gasteiger partial charge in [0.25, 0.3) is 0 Å². The highest BCUT2D eigenvalue weighted by Crippen LogP contribution is 2.09. The molecule has 0 radical (unpaired) electrons. The SMILES string of the molecule is N#Cc1ccc(S(=O)(=O)NCCCN2CCNCC2)cc1. The topological polar surface area (TPSA) is 85.2 Å². The Bertz CT molecular complexity index is 586. The van der Waals surface area contributed by atoms with Crippen LogP contribution >= 0.6 is 0 Å². The van der Waals surface area contributed by atoms with Crippen molar-refractivity contribution in [3.8, 4) is 6.07 Å². The van der Waals surface area contributed by atoms with Crippen molar-refractivity contribution >= 4 is 10.0 Å². The van der Waals surface area contributed by atoms with Crippen LogP contribution in [0.2, 0.25) is 0 Å². The van der Waals surface area contributed by atoms with E-state index in [0.717, 1.165) is 39.1 Å². The summed E-state index contributed by atoms with van der Waals surface area (Å²) in [5.74, 6) is 0. The van der Waals surface area contributed by atoms with E-state index < -0.39 is 10.0 Å². The van der Waals surface area contributed by atoms with E-state index in [2.05, 4.69) is 14.9 Å². The van der Waals surface area contributed by atoms with Gasteiger partial charge in [0, 0.05) is 32.7 Å². The number of sulfonamides is 1. The molecule has 2 N–H and O–H groups in total. The lowest BCUT2D eigenvalue weighted by molar-refractivity contribution is 0.239. The third-order valence-electron chi connectivity index (χ3n) is 3.45. The lowest BCUT2D eigenvalue weighted by Gasteiger charge is -2.27. The van der Waals surface area contributed by atoms with Crippen molar-refractivity contribution in [1.29, 1.82) is 5.26 Å². The number of hydrogen-bond donors (Lipinski definition) is 2. The Morgan fingerprint density at radius 3 is 2.52 bits per heavy atom. The molecule has 1 heterocycles. The van der Waals surface area contributed by atoms with Crippen molar-refractivity contribution in [2.75, 3.05) is 39.3 Å². The van der Waals surface area contributed by atoms with Gasteiger partial charge in [-0.15, -0.1) is 0 Å². The van der Waals surface area contributed by atoms with Gasteiger partial charge in [-0.05, 0) is 37.2 Å². The Morgan fingerprint density at radius 1 is 1.24 bits per heavy atom. The van der Waals surface area contributed by atoms with Crippen LogP contribution in [-0.4, -0.2) is 52.6 Å². The fraction of sp³-hybridized carbons (Fsp3) is 0.500. The van der Waals surface area contributed by atoms with Crippen LogP contribution in [0.25, 0.3) is 0 Å². The minimum absolute atomic E-state index is 0.198. The third kappa shape index (κ3) is 4.79. The van der Waals surface area contributed by atoms with Crippen LogP contribution in [0.1, 0.15) is 12.0 Å². The summed E-state index contributed by atoms with van der Waals surface area (Å²) in [4.78, 5) is 2.52. The third-order valence-corrected chi connectivity index (χ3v) is 4.92. The maximum atomic E-state index is 12.1. The van der Waals surface area contributed by atoms with Gasteiger partial charge in [-0.1, -0.05) is 0 Å². The van der Waals surface area contributed by atoms with Crippen LogP contribution in [-0.2, 0) is 10.0 Å². The first-order chi connectivity index (χ1) is 10.1. The summed E-state index contributed by atoms with van der Waals surface area (Å²) in [7, 11) is -3.48. The first-order valence-corrected chi connectivity index (χ1v) is 8.53. The second-order valence-electron chi connectivity index (χ2n) is 4.98. The summed E-state index contributed by atoms with van der Waals surface area (Å²) in [5.41, 5.74) is 0.452. The Morgan fingerprint density at radius 2 is 1.90 bits per heavy atom. The molecule has 21 heavy (non-hydrogen) atoms. The highest BCUT2D eigenvalue weighted by Gasteiger charge is 2.14. The van der Waals surface area contributed by atoms with Gasteiger partial charge in [0.05, 0.1) is 16.5 Å². The largest absolute Gasteiger partial charge is 0.314 e. The molecule has 7 heteroatoms. The highest BCUT2D eigenvalue weighted by atomic mass is 32.2. The molecule has 0 unspecified atom stereocenters. The van der Waals surface area contributed by atoms with Crippen molar-refractivity contribution in [3.05, 3.63) is 29.8 Å². The second-order valence-corrected chi connectivity index (χ2v) is 6.75. The van der Waals surface area contributed by atoms with E-state index in [1.165, 1.54) is 24.3 Å². The first-order valence-electron chi connectivity index (χ1n) is 7.05. The Labute approximate surface area is 125 Å². The highest BCUT2D eigenvalue weighted by molar-refractivity contribution is 7.89. The van der Waals surface area contributed by atoms with Gasteiger partial charge in [-0.25, -0.2) is 13.1 Å². The van der Waals surface area contributed by atoms with Gasteiger partial charge in [0.15, 0.2) is 0 Å². The molecule has 0 atom stereocenters. The summed E-state index contributed by atoms with van der Waals surface area (Å²) in [5, 5.41) is 12.0. The average Bonchev–Trinajstić information content (AvgIpc) is 2.53. The van der Waals surface area contributed by atoms with Crippen molar-refractivity contribution < 1.29 is 8.42 Å². The zero-order valence-corrected chi connectivity index (χ0v) is 12.7. The first kappa shape index (κ1) is 15.9. The van der Waals surface area contributed by atoms with E-state index in [9.17, 15) is 8.42 Å². The van der Waals surface area contributed by atoms with Crippen LogP contribution in [0, 0.1) is 11.3 Å². The standard InChI is InChI=1S/C14H20N4O2S/c15-12-13-2-4-14(5-3-13)21(19,20)17-6-1-9-18-10-7-16-8-11-18/h2-5,16-17H,1,6-11H2. The maximum Gasteiger partial charge on any atom is 0.240 e. The smallest absolute Gasteiger partial charge is 0.240 e. The molecule has 0 aromatic heterocycles. The van der Waals surface area contributed by atoms with E-state index in [0.29, 0.717) is 12.1 Å². The number of nitrogens with one attached hydrogen (secondary N) is 2. The normalized spacial score (nSPS) is 16.5. The van der Waals surface area contributed by atoms with Gasteiger partial charge < -0.3 is 10.2 Å². The lowest BCUT2D eigenvalue weighted by atomic mass is 10.2. The number of benzene rings is 1. The van der Waals surface area contributed by atoms with Gasteiger partial charge in [-0.2, -0.15) is 5.26 Å².